The summed E-state index contributed by atoms with van der Waals surface area (Å²) in [6.45, 7) is 3.17. The first-order valence-corrected chi connectivity index (χ1v) is 10.0. The van der Waals surface area contributed by atoms with E-state index in [1.165, 1.54) is 0 Å². The van der Waals surface area contributed by atoms with Gasteiger partial charge in [-0.25, -0.2) is 9.97 Å². The predicted molar refractivity (Wildman–Crippen MR) is 111 cm³/mol. The van der Waals surface area contributed by atoms with E-state index >= 15 is 0 Å². The highest BCUT2D eigenvalue weighted by molar-refractivity contribution is 6.39. The van der Waals surface area contributed by atoms with Gasteiger partial charge in [0.1, 0.15) is 17.0 Å². The number of benzene rings is 1. The van der Waals surface area contributed by atoms with Crippen LogP contribution in [0.15, 0.2) is 41.2 Å². The Morgan fingerprint density at radius 2 is 1.93 bits per heavy atom. The van der Waals surface area contributed by atoms with Gasteiger partial charge >= 0.3 is 0 Å². The lowest BCUT2D eigenvalue weighted by molar-refractivity contribution is 0.0932. The summed E-state index contributed by atoms with van der Waals surface area (Å²) in [4.78, 5) is 23.8. The molecule has 1 saturated heterocycles. The molecule has 29 heavy (non-hydrogen) atoms. The second kappa shape index (κ2) is 8.39. The molecule has 0 bridgehead atoms. The SMILES string of the molecule is Cc1onc(-c2c(Cl)cccc2Cl)c1C(=O)NC1CCCN(c2ncccn2)C1. The van der Waals surface area contributed by atoms with Gasteiger partial charge in [-0.3, -0.25) is 4.79 Å². The highest BCUT2D eigenvalue weighted by Crippen LogP contribution is 2.36. The number of anilines is 1. The van der Waals surface area contributed by atoms with E-state index < -0.39 is 0 Å². The summed E-state index contributed by atoms with van der Waals surface area (Å²) in [6.07, 6.45) is 5.21. The summed E-state index contributed by atoms with van der Waals surface area (Å²) in [5.74, 6) is 0.805. The molecule has 1 N–H and O–H groups in total. The first-order valence-electron chi connectivity index (χ1n) is 9.28. The van der Waals surface area contributed by atoms with Gasteiger partial charge in [0, 0.05) is 37.1 Å². The van der Waals surface area contributed by atoms with Crippen LogP contribution in [0.1, 0.15) is 29.0 Å². The van der Waals surface area contributed by atoms with Gasteiger partial charge in [0.25, 0.3) is 5.91 Å². The van der Waals surface area contributed by atoms with Crippen molar-refractivity contribution in [3.05, 3.63) is 58.0 Å². The molecule has 9 heteroatoms. The number of carbonyl (C=O) groups excluding carboxylic acids is 1. The number of aromatic nitrogens is 3. The van der Waals surface area contributed by atoms with Crippen LogP contribution in [0.4, 0.5) is 5.95 Å². The van der Waals surface area contributed by atoms with Crippen LogP contribution in [0.3, 0.4) is 0 Å². The van der Waals surface area contributed by atoms with Gasteiger partial charge in [-0.05, 0) is 38.0 Å². The molecule has 0 spiro atoms. The van der Waals surface area contributed by atoms with E-state index in [1.807, 2.05) is 0 Å². The fourth-order valence-electron chi connectivity index (χ4n) is 3.52. The maximum atomic E-state index is 13.1. The number of aryl methyl sites for hydroxylation is 1. The second-order valence-corrected chi connectivity index (χ2v) is 7.68. The number of nitrogens with zero attached hydrogens (tertiary/aromatic N) is 4. The minimum Gasteiger partial charge on any atom is -0.360 e. The zero-order valence-electron chi connectivity index (χ0n) is 15.7. The largest absolute Gasteiger partial charge is 0.360 e. The Morgan fingerprint density at radius 3 is 2.66 bits per heavy atom. The van der Waals surface area contributed by atoms with E-state index in [-0.39, 0.29) is 11.9 Å². The van der Waals surface area contributed by atoms with Crippen LogP contribution < -0.4 is 10.2 Å². The van der Waals surface area contributed by atoms with Gasteiger partial charge in [-0.15, -0.1) is 0 Å². The van der Waals surface area contributed by atoms with Crippen molar-refractivity contribution >= 4 is 35.1 Å². The van der Waals surface area contributed by atoms with Crippen molar-refractivity contribution in [1.82, 2.24) is 20.4 Å². The van der Waals surface area contributed by atoms with Crippen molar-refractivity contribution in [1.29, 1.82) is 0 Å². The van der Waals surface area contributed by atoms with Crippen LogP contribution in [-0.2, 0) is 0 Å². The minimum atomic E-state index is -0.268. The van der Waals surface area contributed by atoms with Crippen molar-refractivity contribution in [2.24, 2.45) is 0 Å². The van der Waals surface area contributed by atoms with E-state index in [9.17, 15) is 4.79 Å². The van der Waals surface area contributed by atoms with Gasteiger partial charge in [-0.2, -0.15) is 0 Å². The lowest BCUT2D eigenvalue weighted by atomic mass is 10.0. The third-order valence-corrected chi connectivity index (χ3v) is 5.51. The van der Waals surface area contributed by atoms with Crippen molar-refractivity contribution in [2.75, 3.05) is 18.0 Å². The predicted octanol–water partition coefficient (Wildman–Crippen LogP) is 4.15. The van der Waals surface area contributed by atoms with Crippen molar-refractivity contribution in [3.8, 4) is 11.3 Å². The van der Waals surface area contributed by atoms with Crippen LogP contribution in [0, 0.1) is 6.92 Å². The zero-order valence-corrected chi connectivity index (χ0v) is 17.2. The maximum absolute atomic E-state index is 13.1. The number of hydrogen-bond acceptors (Lipinski definition) is 6. The standard InChI is InChI=1S/C20H19Cl2N5O2/c1-12-16(18(26-29-12)17-14(21)6-2-7-15(17)22)19(28)25-13-5-3-10-27(11-13)20-23-8-4-9-24-20/h2,4,6-9,13H,3,5,10-11H2,1H3,(H,25,28). The molecule has 1 fully saturated rings. The van der Waals surface area contributed by atoms with Gasteiger partial charge in [-0.1, -0.05) is 34.4 Å². The van der Waals surface area contributed by atoms with E-state index in [0.717, 1.165) is 19.4 Å². The number of nitrogens with one attached hydrogen (secondary N) is 1. The molecule has 0 aliphatic carbocycles. The van der Waals surface area contributed by atoms with E-state index in [0.29, 0.717) is 45.1 Å². The first-order chi connectivity index (χ1) is 14.0. The molecular formula is C20H19Cl2N5O2. The summed E-state index contributed by atoms with van der Waals surface area (Å²) < 4.78 is 5.30. The molecule has 3 heterocycles. The fraction of sp³-hybridized carbons (Fsp3) is 0.300. The normalized spacial score (nSPS) is 16.7. The van der Waals surface area contributed by atoms with Gasteiger partial charge in [0.2, 0.25) is 5.95 Å². The van der Waals surface area contributed by atoms with Gasteiger partial charge in [0.05, 0.1) is 10.0 Å². The summed E-state index contributed by atoms with van der Waals surface area (Å²) in [7, 11) is 0. The van der Waals surface area contributed by atoms with Crippen LogP contribution in [-0.4, -0.2) is 40.2 Å². The Hall–Kier alpha value is -2.64. The highest BCUT2D eigenvalue weighted by Gasteiger charge is 2.28. The molecule has 0 radical (unpaired) electrons. The molecule has 150 valence electrons. The van der Waals surface area contributed by atoms with Crippen molar-refractivity contribution < 1.29 is 9.32 Å². The van der Waals surface area contributed by atoms with Gasteiger partial charge < -0.3 is 14.7 Å². The Balaban J connectivity index is 1.56. The molecule has 7 nitrogen and oxygen atoms in total. The Bertz CT molecular complexity index is 1000. The molecular weight excluding hydrogens is 413 g/mol. The molecule has 0 saturated carbocycles. The van der Waals surface area contributed by atoms with Crippen LogP contribution in [0.2, 0.25) is 10.0 Å². The number of piperidine rings is 1. The van der Waals surface area contributed by atoms with Crippen molar-refractivity contribution in [3.63, 3.8) is 0 Å². The molecule has 3 aromatic rings. The maximum Gasteiger partial charge on any atom is 0.257 e. The third kappa shape index (κ3) is 4.06. The molecule has 1 aromatic carbocycles. The molecule has 4 rings (SSSR count). The van der Waals surface area contributed by atoms with Crippen LogP contribution >= 0.6 is 23.2 Å². The zero-order chi connectivity index (χ0) is 20.4. The smallest absolute Gasteiger partial charge is 0.257 e. The minimum absolute atomic E-state index is 0.0519. The average molecular weight is 432 g/mol. The lowest BCUT2D eigenvalue weighted by Crippen LogP contribution is -2.48. The third-order valence-electron chi connectivity index (χ3n) is 4.88. The lowest BCUT2D eigenvalue weighted by Gasteiger charge is -2.33. The Morgan fingerprint density at radius 1 is 1.21 bits per heavy atom. The second-order valence-electron chi connectivity index (χ2n) is 6.87. The number of hydrogen-bond donors (Lipinski definition) is 1. The van der Waals surface area contributed by atoms with Crippen LogP contribution in [0.5, 0.6) is 0 Å². The van der Waals surface area contributed by atoms with E-state index in [4.69, 9.17) is 27.7 Å². The average Bonchev–Trinajstić information content (AvgIpc) is 3.10. The van der Waals surface area contributed by atoms with E-state index in [2.05, 4.69) is 25.3 Å². The molecule has 1 atom stereocenters. The topological polar surface area (TPSA) is 84.2 Å². The number of amides is 1. The fourth-order valence-corrected chi connectivity index (χ4v) is 4.10. The monoisotopic (exact) mass is 431 g/mol. The summed E-state index contributed by atoms with van der Waals surface area (Å²) in [5.41, 5.74) is 1.17. The summed E-state index contributed by atoms with van der Waals surface area (Å²) in [6, 6.07) is 6.87. The Kier molecular flexibility index (Phi) is 5.69. The molecule has 2 aromatic heterocycles. The number of rotatable bonds is 4. The molecule has 1 aliphatic heterocycles. The quantitative estimate of drug-likeness (QED) is 0.667. The van der Waals surface area contributed by atoms with Crippen molar-refractivity contribution in [2.45, 2.75) is 25.8 Å². The molecule has 1 amide bonds. The summed E-state index contributed by atoms with van der Waals surface area (Å²) in [5, 5.41) is 7.95. The van der Waals surface area contributed by atoms with Crippen LogP contribution in [0.25, 0.3) is 11.3 Å². The van der Waals surface area contributed by atoms with Gasteiger partial charge in [0.15, 0.2) is 0 Å². The highest BCUT2D eigenvalue weighted by atomic mass is 35.5. The number of carbonyl (C=O) groups is 1. The van der Waals surface area contributed by atoms with E-state index in [1.54, 1.807) is 43.6 Å². The number of halogens is 2. The summed E-state index contributed by atoms with van der Waals surface area (Å²) >= 11 is 12.6. The molecule has 1 unspecified atom stereocenters. The Labute approximate surface area is 178 Å². The first kappa shape index (κ1) is 19.7. The molecule has 1 aliphatic rings.